The molecule has 0 saturated carbocycles. The summed E-state index contributed by atoms with van der Waals surface area (Å²) in [5.41, 5.74) is 2.46. The van der Waals surface area contributed by atoms with Crippen molar-refractivity contribution >= 4 is 0 Å². The second kappa shape index (κ2) is 6.91. The molecule has 0 aliphatic rings. The molecule has 0 aromatic heterocycles. The van der Waals surface area contributed by atoms with Crippen LogP contribution in [0.15, 0.2) is 24.3 Å². The van der Waals surface area contributed by atoms with Crippen LogP contribution in [-0.2, 0) is 11.3 Å². The first-order chi connectivity index (χ1) is 8.42. The number of aliphatic hydroxyl groups is 1. The monoisotopic (exact) mass is 250 g/mol. The summed E-state index contributed by atoms with van der Waals surface area (Å²) in [6.45, 7) is 7.30. The molecule has 0 aliphatic carbocycles. The standard InChI is InChI=1S/C16H26O2/c1-16(2,3)10-6-9-15(17)14-8-5-7-13(11-14)12-18-4/h5,7-8,11,15,17H,6,9-10,12H2,1-4H3. The van der Waals surface area contributed by atoms with Gasteiger partial charge in [0, 0.05) is 7.11 Å². The van der Waals surface area contributed by atoms with Crippen LogP contribution in [0.4, 0.5) is 0 Å². The normalized spacial score (nSPS) is 13.6. The third-order valence-electron chi connectivity index (χ3n) is 3.05. The molecule has 0 spiro atoms. The minimum absolute atomic E-state index is 0.345. The summed E-state index contributed by atoms with van der Waals surface area (Å²) in [7, 11) is 1.69. The topological polar surface area (TPSA) is 29.5 Å². The number of methoxy groups -OCH3 is 1. The van der Waals surface area contributed by atoms with Crippen molar-refractivity contribution in [1.82, 2.24) is 0 Å². The maximum absolute atomic E-state index is 10.2. The van der Waals surface area contributed by atoms with E-state index in [4.69, 9.17) is 4.74 Å². The van der Waals surface area contributed by atoms with Crippen LogP contribution in [0.2, 0.25) is 0 Å². The average molecular weight is 250 g/mol. The number of benzene rings is 1. The zero-order valence-corrected chi connectivity index (χ0v) is 12.1. The van der Waals surface area contributed by atoms with Gasteiger partial charge >= 0.3 is 0 Å². The van der Waals surface area contributed by atoms with Crippen LogP contribution in [0.25, 0.3) is 0 Å². The zero-order valence-electron chi connectivity index (χ0n) is 12.1. The van der Waals surface area contributed by atoms with E-state index in [0.29, 0.717) is 12.0 Å². The van der Waals surface area contributed by atoms with Crippen LogP contribution in [0.3, 0.4) is 0 Å². The van der Waals surface area contributed by atoms with Gasteiger partial charge in [0.15, 0.2) is 0 Å². The quantitative estimate of drug-likeness (QED) is 0.824. The fourth-order valence-electron chi connectivity index (χ4n) is 2.05. The first-order valence-corrected chi connectivity index (χ1v) is 6.68. The van der Waals surface area contributed by atoms with Gasteiger partial charge in [0.1, 0.15) is 0 Å². The van der Waals surface area contributed by atoms with Gasteiger partial charge in [0.05, 0.1) is 12.7 Å². The molecule has 2 nitrogen and oxygen atoms in total. The molecule has 102 valence electrons. The van der Waals surface area contributed by atoms with Crippen molar-refractivity contribution in [1.29, 1.82) is 0 Å². The Morgan fingerprint density at radius 1 is 1.28 bits per heavy atom. The van der Waals surface area contributed by atoms with Gasteiger partial charge in [-0.1, -0.05) is 51.5 Å². The van der Waals surface area contributed by atoms with Gasteiger partial charge in [-0.3, -0.25) is 0 Å². The van der Waals surface area contributed by atoms with Crippen molar-refractivity contribution in [2.45, 2.75) is 52.7 Å². The Morgan fingerprint density at radius 3 is 2.61 bits per heavy atom. The number of aliphatic hydroxyl groups excluding tert-OH is 1. The van der Waals surface area contributed by atoms with Gasteiger partial charge in [-0.2, -0.15) is 0 Å². The summed E-state index contributed by atoms with van der Waals surface area (Å²) in [6.07, 6.45) is 2.67. The highest BCUT2D eigenvalue weighted by Crippen LogP contribution is 2.26. The van der Waals surface area contributed by atoms with Gasteiger partial charge in [0.25, 0.3) is 0 Å². The van der Waals surface area contributed by atoms with E-state index in [-0.39, 0.29) is 6.10 Å². The van der Waals surface area contributed by atoms with Gasteiger partial charge in [-0.25, -0.2) is 0 Å². The molecule has 0 saturated heterocycles. The summed E-state index contributed by atoms with van der Waals surface area (Å²) in [5.74, 6) is 0. The number of rotatable bonds is 6. The highest BCUT2D eigenvalue weighted by atomic mass is 16.5. The Kier molecular flexibility index (Phi) is 5.83. The lowest BCUT2D eigenvalue weighted by atomic mass is 9.88. The van der Waals surface area contributed by atoms with Crippen LogP contribution < -0.4 is 0 Å². The largest absolute Gasteiger partial charge is 0.388 e. The zero-order chi connectivity index (χ0) is 13.6. The Bertz CT molecular complexity index is 352. The Hall–Kier alpha value is -0.860. The molecule has 1 rings (SSSR count). The lowest BCUT2D eigenvalue weighted by Crippen LogP contribution is -2.06. The predicted molar refractivity (Wildman–Crippen MR) is 75.4 cm³/mol. The predicted octanol–water partition coefficient (Wildman–Crippen LogP) is 4.08. The molecular formula is C16H26O2. The summed E-state index contributed by atoms with van der Waals surface area (Å²) in [5, 5.41) is 10.2. The Labute approximate surface area is 111 Å². The van der Waals surface area contributed by atoms with E-state index < -0.39 is 0 Å². The molecule has 1 unspecified atom stereocenters. The average Bonchev–Trinajstić information content (AvgIpc) is 2.28. The van der Waals surface area contributed by atoms with E-state index in [1.807, 2.05) is 24.3 Å². The van der Waals surface area contributed by atoms with E-state index >= 15 is 0 Å². The van der Waals surface area contributed by atoms with Gasteiger partial charge in [-0.05, 0) is 29.4 Å². The molecule has 0 bridgehead atoms. The van der Waals surface area contributed by atoms with Crippen molar-refractivity contribution in [3.05, 3.63) is 35.4 Å². The molecule has 0 heterocycles. The SMILES string of the molecule is COCc1cccc(C(O)CCCC(C)(C)C)c1. The molecule has 1 aromatic carbocycles. The highest BCUT2D eigenvalue weighted by Gasteiger charge is 2.13. The van der Waals surface area contributed by atoms with E-state index in [1.165, 1.54) is 0 Å². The van der Waals surface area contributed by atoms with Crippen LogP contribution >= 0.6 is 0 Å². The smallest absolute Gasteiger partial charge is 0.0790 e. The second-order valence-electron chi connectivity index (χ2n) is 6.15. The first-order valence-electron chi connectivity index (χ1n) is 6.68. The fraction of sp³-hybridized carbons (Fsp3) is 0.625. The van der Waals surface area contributed by atoms with Crippen molar-refractivity contribution in [2.24, 2.45) is 5.41 Å². The fourth-order valence-corrected chi connectivity index (χ4v) is 2.05. The van der Waals surface area contributed by atoms with E-state index in [1.54, 1.807) is 7.11 Å². The Morgan fingerprint density at radius 2 is 2.00 bits per heavy atom. The minimum Gasteiger partial charge on any atom is -0.388 e. The van der Waals surface area contributed by atoms with Gasteiger partial charge in [0.2, 0.25) is 0 Å². The van der Waals surface area contributed by atoms with Crippen molar-refractivity contribution in [2.75, 3.05) is 7.11 Å². The van der Waals surface area contributed by atoms with Crippen molar-refractivity contribution < 1.29 is 9.84 Å². The van der Waals surface area contributed by atoms with E-state index in [2.05, 4.69) is 20.8 Å². The number of hydrogen-bond acceptors (Lipinski definition) is 2. The third-order valence-corrected chi connectivity index (χ3v) is 3.05. The summed E-state index contributed by atoms with van der Waals surface area (Å²) >= 11 is 0. The third kappa shape index (κ3) is 5.65. The van der Waals surface area contributed by atoms with Crippen LogP contribution in [-0.4, -0.2) is 12.2 Å². The molecule has 2 heteroatoms. The molecule has 0 amide bonds. The van der Waals surface area contributed by atoms with E-state index in [9.17, 15) is 5.11 Å². The van der Waals surface area contributed by atoms with Crippen LogP contribution in [0.5, 0.6) is 0 Å². The molecule has 1 atom stereocenters. The molecule has 18 heavy (non-hydrogen) atoms. The maximum Gasteiger partial charge on any atom is 0.0790 e. The minimum atomic E-state index is -0.357. The molecule has 0 aliphatic heterocycles. The van der Waals surface area contributed by atoms with Crippen molar-refractivity contribution in [3.63, 3.8) is 0 Å². The summed E-state index contributed by atoms with van der Waals surface area (Å²) < 4.78 is 5.11. The lowest BCUT2D eigenvalue weighted by molar-refractivity contribution is 0.157. The number of hydrogen-bond donors (Lipinski definition) is 1. The summed E-state index contributed by atoms with van der Waals surface area (Å²) in [6, 6.07) is 8.03. The van der Waals surface area contributed by atoms with Crippen LogP contribution in [0, 0.1) is 5.41 Å². The lowest BCUT2D eigenvalue weighted by Gasteiger charge is -2.19. The maximum atomic E-state index is 10.2. The molecular weight excluding hydrogens is 224 g/mol. The molecule has 0 radical (unpaired) electrons. The van der Waals surface area contributed by atoms with Gasteiger partial charge < -0.3 is 9.84 Å². The van der Waals surface area contributed by atoms with E-state index in [0.717, 1.165) is 30.4 Å². The van der Waals surface area contributed by atoms with Crippen molar-refractivity contribution in [3.8, 4) is 0 Å². The Balaban J connectivity index is 2.50. The number of ether oxygens (including phenoxy) is 1. The van der Waals surface area contributed by atoms with Gasteiger partial charge in [-0.15, -0.1) is 0 Å². The highest BCUT2D eigenvalue weighted by molar-refractivity contribution is 5.24. The van der Waals surface area contributed by atoms with Crippen LogP contribution in [0.1, 0.15) is 57.3 Å². The second-order valence-corrected chi connectivity index (χ2v) is 6.15. The first kappa shape index (κ1) is 15.2. The molecule has 0 fully saturated rings. The molecule has 1 N–H and O–H groups in total. The molecule has 1 aromatic rings. The summed E-state index contributed by atoms with van der Waals surface area (Å²) in [4.78, 5) is 0.